The van der Waals surface area contributed by atoms with Crippen LogP contribution in [0.1, 0.15) is 26.2 Å². The molecule has 1 unspecified atom stereocenters. The van der Waals surface area contributed by atoms with Crippen molar-refractivity contribution in [1.82, 2.24) is 10.2 Å². The molecule has 100 valence electrons. The predicted octanol–water partition coefficient (Wildman–Crippen LogP) is 1.76. The number of thioether (sulfide) groups is 1. The van der Waals surface area contributed by atoms with Crippen LogP contribution in [0.25, 0.3) is 0 Å². The third-order valence-corrected chi connectivity index (χ3v) is 4.46. The van der Waals surface area contributed by atoms with E-state index in [2.05, 4.69) is 12.2 Å². The predicted molar refractivity (Wildman–Crippen MR) is 76.0 cm³/mol. The highest BCUT2D eigenvalue weighted by molar-refractivity contribution is 7.99. The number of rotatable bonds is 5. The summed E-state index contributed by atoms with van der Waals surface area (Å²) in [6, 6.07) is 0.402. The van der Waals surface area contributed by atoms with Gasteiger partial charge < -0.3 is 10.2 Å². The molecule has 1 amide bonds. The number of hydrogen-bond acceptors (Lipinski definition) is 3. The second-order valence-electron chi connectivity index (χ2n) is 4.81. The van der Waals surface area contributed by atoms with Crippen LogP contribution in [0.4, 0.5) is 0 Å². The molecule has 1 saturated carbocycles. The standard InChI is InChI=1S/C12H22N2OS.ClH/c1-2-14(8-10-3-4-10)12(15)7-11-9-16-6-5-13-11;/h10-11,13H,2-9H2,1H3;1H. The normalized spacial score (nSPS) is 23.9. The second-order valence-corrected chi connectivity index (χ2v) is 5.96. The van der Waals surface area contributed by atoms with Gasteiger partial charge in [0.1, 0.15) is 0 Å². The lowest BCUT2D eigenvalue weighted by atomic mass is 10.2. The summed E-state index contributed by atoms with van der Waals surface area (Å²) < 4.78 is 0. The van der Waals surface area contributed by atoms with E-state index in [-0.39, 0.29) is 12.4 Å². The lowest BCUT2D eigenvalue weighted by Gasteiger charge is -2.26. The molecule has 0 aromatic rings. The van der Waals surface area contributed by atoms with Crippen molar-refractivity contribution in [2.45, 2.75) is 32.2 Å². The smallest absolute Gasteiger partial charge is 0.224 e. The van der Waals surface area contributed by atoms with Crippen molar-refractivity contribution in [3.05, 3.63) is 0 Å². The molecule has 1 atom stereocenters. The van der Waals surface area contributed by atoms with E-state index in [4.69, 9.17) is 0 Å². The molecule has 2 aliphatic rings. The van der Waals surface area contributed by atoms with Crippen molar-refractivity contribution in [3.8, 4) is 0 Å². The molecule has 1 N–H and O–H groups in total. The van der Waals surface area contributed by atoms with Gasteiger partial charge in [0.25, 0.3) is 0 Å². The van der Waals surface area contributed by atoms with E-state index in [1.54, 1.807) is 0 Å². The fourth-order valence-corrected chi connectivity index (χ4v) is 3.06. The van der Waals surface area contributed by atoms with E-state index in [9.17, 15) is 4.79 Å². The Morgan fingerprint density at radius 1 is 1.47 bits per heavy atom. The number of carbonyl (C=O) groups excluding carboxylic acids is 1. The van der Waals surface area contributed by atoms with Crippen LogP contribution in [-0.4, -0.2) is 48.0 Å². The van der Waals surface area contributed by atoms with Gasteiger partial charge in [-0.2, -0.15) is 11.8 Å². The number of carbonyl (C=O) groups is 1. The van der Waals surface area contributed by atoms with Crippen molar-refractivity contribution in [1.29, 1.82) is 0 Å². The van der Waals surface area contributed by atoms with Crippen LogP contribution in [0.15, 0.2) is 0 Å². The van der Waals surface area contributed by atoms with Gasteiger partial charge in [-0.25, -0.2) is 0 Å². The monoisotopic (exact) mass is 278 g/mol. The van der Waals surface area contributed by atoms with Crippen LogP contribution in [0.2, 0.25) is 0 Å². The summed E-state index contributed by atoms with van der Waals surface area (Å²) in [5.74, 6) is 3.42. The highest BCUT2D eigenvalue weighted by Crippen LogP contribution is 2.29. The fourth-order valence-electron chi connectivity index (χ4n) is 2.11. The largest absolute Gasteiger partial charge is 0.343 e. The van der Waals surface area contributed by atoms with Crippen molar-refractivity contribution in [2.75, 3.05) is 31.1 Å². The van der Waals surface area contributed by atoms with E-state index in [0.29, 0.717) is 18.4 Å². The molecule has 0 spiro atoms. The maximum absolute atomic E-state index is 12.1. The maximum Gasteiger partial charge on any atom is 0.224 e. The van der Waals surface area contributed by atoms with Crippen molar-refractivity contribution in [3.63, 3.8) is 0 Å². The molecule has 3 nitrogen and oxygen atoms in total. The molecule has 1 saturated heterocycles. The zero-order valence-corrected chi connectivity index (χ0v) is 12.1. The molecule has 0 radical (unpaired) electrons. The molecule has 5 heteroatoms. The van der Waals surface area contributed by atoms with Gasteiger partial charge in [0, 0.05) is 43.6 Å². The molecular weight excluding hydrogens is 256 g/mol. The first-order valence-electron chi connectivity index (χ1n) is 6.38. The first kappa shape index (κ1) is 15.1. The van der Waals surface area contributed by atoms with Crippen LogP contribution >= 0.6 is 24.2 Å². The number of amides is 1. The first-order chi connectivity index (χ1) is 7.79. The molecule has 0 bridgehead atoms. The first-order valence-corrected chi connectivity index (χ1v) is 7.54. The van der Waals surface area contributed by atoms with Crippen molar-refractivity contribution < 1.29 is 4.79 Å². The Labute approximate surface area is 114 Å². The maximum atomic E-state index is 12.1. The summed E-state index contributed by atoms with van der Waals surface area (Å²) in [7, 11) is 0. The third-order valence-electron chi connectivity index (χ3n) is 3.33. The molecule has 2 rings (SSSR count). The fraction of sp³-hybridized carbons (Fsp3) is 0.917. The Balaban J connectivity index is 0.00000144. The molecular formula is C12H23ClN2OS. The summed E-state index contributed by atoms with van der Waals surface area (Å²) in [4.78, 5) is 14.1. The summed E-state index contributed by atoms with van der Waals surface area (Å²) in [5.41, 5.74) is 0. The zero-order valence-electron chi connectivity index (χ0n) is 10.5. The lowest BCUT2D eigenvalue weighted by molar-refractivity contribution is -0.131. The van der Waals surface area contributed by atoms with Crippen molar-refractivity contribution in [2.24, 2.45) is 5.92 Å². The average molecular weight is 279 g/mol. The van der Waals surface area contributed by atoms with Crippen LogP contribution in [0, 0.1) is 5.92 Å². The van der Waals surface area contributed by atoms with Gasteiger partial charge in [-0.3, -0.25) is 4.79 Å². The Hall–Kier alpha value is 0.0700. The highest BCUT2D eigenvalue weighted by atomic mass is 35.5. The van der Waals surface area contributed by atoms with Gasteiger partial charge in [0.15, 0.2) is 0 Å². The summed E-state index contributed by atoms with van der Waals surface area (Å²) in [5, 5.41) is 3.43. The zero-order chi connectivity index (χ0) is 11.4. The molecule has 0 aromatic heterocycles. The minimum absolute atomic E-state index is 0. The number of nitrogens with zero attached hydrogens (tertiary/aromatic N) is 1. The lowest BCUT2D eigenvalue weighted by Crippen LogP contribution is -2.43. The van der Waals surface area contributed by atoms with Crippen LogP contribution in [0.3, 0.4) is 0 Å². The Bertz CT molecular complexity index is 243. The van der Waals surface area contributed by atoms with Gasteiger partial charge in [-0.05, 0) is 25.7 Å². The molecule has 2 fully saturated rings. The van der Waals surface area contributed by atoms with Crippen LogP contribution in [-0.2, 0) is 4.79 Å². The van der Waals surface area contributed by atoms with E-state index in [1.165, 1.54) is 18.6 Å². The number of halogens is 1. The Morgan fingerprint density at radius 3 is 2.76 bits per heavy atom. The molecule has 1 aliphatic carbocycles. The minimum Gasteiger partial charge on any atom is -0.343 e. The van der Waals surface area contributed by atoms with E-state index in [0.717, 1.165) is 31.3 Å². The topological polar surface area (TPSA) is 32.3 Å². The third kappa shape index (κ3) is 5.06. The molecule has 1 heterocycles. The molecule has 1 aliphatic heterocycles. The van der Waals surface area contributed by atoms with Gasteiger partial charge in [0.2, 0.25) is 5.91 Å². The summed E-state index contributed by atoms with van der Waals surface area (Å²) >= 11 is 1.96. The molecule has 17 heavy (non-hydrogen) atoms. The minimum atomic E-state index is 0. The van der Waals surface area contributed by atoms with Gasteiger partial charge in [0.05, 0.1) is 0 Å². The van der Waals surface area contributed by atoms with E-state index < -0.39 is 0 Å². The number of hydrogen-bond donors (Lipinski definition) is 1. The Kier molecular flexibility index (Phi) is 6.67. The van der Waals surface area contributed by atoms with Gasteiger partial charge in [-0.1, -0.05) is 0 Å². The van der Waals surface area contributed by atoms with Crippen molar-refractivity contribution >= 4 is 30.1 Å². The van der Waals surface area contributed by atoms with E-state index in [1.807, 2.05) is 16.7 Å². The Morgan fingerprint density at radius 2 is 2.24 bits per heavy atom. The number of nitrogens with one attached hydrogen (secondary N) is 1. The van der Waals surface area contributed by atoms with Gasteiger partial charge in [-0.15, -0.1) is 12.4 Å². The summed E-state index contributed by atoms with van der Waals surface area (Å²) in [6.45, 7) is 5.01. The highest BCUT2D eigenvalue weighted by Gasteiger charge is 2.27. The SMILES string of the molecule is CCN(CC1CC1)C(=O)CC1CSCCN1.Cl. The average Bonchev–Trinajstić information content (AvgIpc) is 3.11. The molecule has 0 aromatic carbocycles. The summed E-state index contributed by atoms with van der Waals surface area (Å²) in [6.07, 6.45) is 3.33. The quantitative estimate of drug-likeness (QED) is 0.832. The van der Waals surface area contributed by atoms with Crippen LogP contribution < -0.4 is 5.32 Å². The van der Waals surface area contributed by atoms with Crippen LogP contribution in [0.5, 0.6) is 0 Å². The second kappa shape index (κ2) is 7.49. The van der Waals surface area contributed by atoms with E-state index >= 15 is 0 Å². The van der Waals surface area contributed by atoms with Gasteiger partial charge >= 0.3 is 0 Å².